The van der Waals surface area contributed by atoms with Gasteiger partial charge in [-0.05, 0) is 12.5 Å². The highest BCUT2D eigenvalue weighted by Gasteiger charge is 1.66. The van der Waals surface area contributed by atoms with Crippen molar-refractivity contribution >= 4 is 6.21 Å². The molecule has 0 saturated heterocycles. The van der Waals surface area contributed by atoms with Crippen molar-refractivity contribution in [3.05, 3.63) is 37.0 Å². The van der Waals surface area contributed by atoms with Crippen molar-refractivity contribution < 1.29 is 0 Å². The summed E-state index contributed by atoms with van der Waals surface area (Å²) in [5, 5.41) is 0. The largest absolute Gasteiger partial charge is 0.289 e. The van der Waals surface area contributed by atoms with Crippen molar-refractivity contribution in [3.8, 4) is 0 Å². The average molecular weight is 149 g/mol. The molecule has 0 aromatic rings. The van der Waals surface area contributed by atoms with Crippen LogP contribution in [0, 0.1) is 0 Å². The van der Waals surface area contributed by atoms with E-state index in [0.717, 1.165) is 13.0 Å². The second kappa shape index (κ2) is 8.89. The molecule has 1 nitrogen and oxygen atoms in total. The summed E-state index contributed by atoms with van der Waals surface area (Å²) in [5.74, 6) is 0. The van der Waals surface area contributed by atoms with Gasteiger partial charge in [0.05, 0.1) is 6.54 Å². The molecule has 0 aliphatic carbocycles. The van der Waals surface area contributed by atoms with Gasteiger partial charge in [0.1, 0.15) is 0 Å². The minimum atomic E-state index is 0.736. The number of nitrogens with zero attached hydrogens (tertiary/aromatic N) is 1. The van der Waals surface area contributed by atoms with Crippen LogP contribution in [0.5, 0.6) is 0 Å². The summed E-state index contributed by atoms with van der Waals surface area (Å²) in [6, 6.07) is 0. The molecule has 0 heterocycles. The monoisotopic (exact) mass is 149 g/mol. The van der Waals surface area contributed by atoms with Crippen LogP contribution in [-0.2, 0) is 0 Å². The van der Waals surface area contributed by atoms with Gasteiger partial charge in [0.25, 0.3) is 0 Å². The fourth-order valence-electron chi connectivity index (χ4n) is 0.537. The van der Waals surface area contributed by atoms with Gasteiger partial charge in [-0.2, -0.15) is 0 Å². The lowest BCUT2D eigenvalue weighted by molar-refractivity contribution is 1.22. The van der Waals surface area contributed by atoms with Crippen molar-refractivity contribution in [2.75, 3.05) is 6.54 Å². The fraction of sp³-hybridized carbons (Fsp3) is 0.300. The Bertz CT molecular complexity index is 164. The van der Waals surface area contributed by atoms with Gasteiger partial charge in [-0.3, -0.25) is 4.99 Å². The number of hydrogen-bond acceptors (Lipinski definition) is 1. The van der Waals surface area contributed by atoms with Gasteiger partial charge in [0, 0.05) is 6.21 Å². The summed E-state index contributed by atoms with van der Waals surface area (Å²) >= 11 is 0. The van der Waals surface area contributed by atoms with Crippen LogP contribution in [0.1, 0.15) is 13.3 Å². The molecule has 1 heteroatoms. The average Bonchev–Trinajstić information content (AvgIpc) is 2.03. The molecule has 0 aromatic heterocycles. The lowest BCUT2D eigenvalue weighted by Crippen LogP contribution is -1.71. The van der Waals surface area contributed by atoms with Gasteiger partial charge < -0.3 is 0 Å². The van der Waals surface area contributed by atoms with E-state index in [9.17, 15) is 0 Å². The number of hydrogen-bond donors (Lipinski definition) is 0. The van der Waals surface area contributed by atoms with E-state index in [1.54, 1.807) is 6.08 Å². The number of aliphatic imine (C=N–C) groups is 1. The van der Waals surface area contributed by atoms with Crippen LogP contribution in [0.2, 0.25) is 0 Å². The Labute approximate surface area is 68.9 Å². The van der Waals surface area contributed by atoms with Crippen LogP contribution in [-0.4, -0.2) is 12.8 Å². The zero-order valence-corrected chi connectivity index (χ0v) is 7.03. The maximum absolute atomic E-state index is 4.10. The maximum Gasteiger partial charge on any atom is 0.0573 e. The first kappa shape index (κ1) is 9.89. The van der Waals surface area contributed by atoms with Gasteiger partial charge in [0.2, 0.25) is 0 Å². The van der Waals surface area contributed by atoms with Gasteiger partial charge >= 0.3 is 0 Å². The summed E-state index contributed by atoms with van der Waals surface area (Å²) < 4.78 is 0. The first-order valence-electron chi connectivity index (χ1n) is 3.84. The molecule has 0 saturated carbocycles. The Morgan fingerprint density at radius 1 is 1.27 bits per heavy atom. The molecule has 60 valence electrons. The van der Waals surface area contributed by atoms with Crippen LogP contribution >= 0.6 is 0 Å². The summed E-state index contributed by atoms with van der Waals surface area (Å²) in [4.78, 5) is 4.10. The third kappa shape index (κ3) is 8.89. The molecule has 0 fully saturated rings. The maximum atomic E-state index is 4.10. The van der Waals surface area contributed by atoms with E-state index in [1.807, 2.05) is 24.4 Å². The molecule has 0 spiro atoms. The van der Waals surface area contributed by atoms with E-state index in [2.05, 4.69) is 24.6 Å². The third-order valence-electron chi connectivity index (χ3n) is 1.05. The van der Waals surface area contributed by atoms with Crippen molar-refractivity contribution in [2.24, 2.45) is 4.99 Å². The zero-order chi connectivity index (χ0) is 8.36. The van der Waals surface area contributed by atoms with Crippen LogP contribution in [0.25, 0.3) is 0 Å². The molecule has 0 N–H and O–H groups in total. The van der Waals surface area contributed by atoms with E-state index >= 15 is 0 Å². The van der Waals surface area contributed by atoms with Crippen molar-refractivity contribution in [3.63, 3.8) is 0 Å². The van der Waals surface area contributed by atoms with Gasteiger partial charge in [-0.15, -0.1) is 0 Å². The Balaban J connectivity index is 3.36. The van der Waals surface area contributed by atoms with Crippen molar-refractivity contribution in [1.82, 2.24) is 0 Å². The SMILES string of the molecule is C=C/C=C\C/N=C\C=C/CC. The predicted octanol–water partition coefficient (Wildman–Crippen LogP) is 2.77. The molecule has 0 atom stereocenters. The van der Waals surface area contributed by atoms with E-state index in [-0.39, 0.29) is 0 Å². The molecule has 0 aromatic carbocycles. The highest BCUT2D eigenvalue weighted by atomic mass is 14.7. The van der Waals surface area contributed by atoms with E-state index in [1.165, 1.54) is 0 Å². The van der Waals surface area contributed by atoms with Crippen LogP contribution in [0.3, 0.4) is 0 Å². The lowest BCUT2D eigenvalue weighted by atomic mass is 10.4. The van der Waals surface area contributed by atoms with Crippen LogP contribution in [0.15, 0.2) is 42.0 Å². The van der Waals surface area contributed by atoms with Gasteiger partial charge in [-0.1, -0.05) is 37.8 Å². The first-order chi connectivity index (χ1) is 5.41. The molecule has 0 aliphatic heterocycles. The Hall–Kier alpha value is -1.11. The Morgan fingerprint density at radius 3 is 2.73 bits per heavy atom. The molecule has 0 aliphatic rings. The zero-order valence-electron chi connectivity index (χ0n) is 7.03. The molecule has 0 rings (SSSR count). The molecule has 0 radical (unpaired) electrons. The quantitative estimate of drug-likeness (QED) is 0.421. The standard InChI is InChI=1S/C10H15N/c1-3-5-7-9-11-10-8-6-4-2/h3,5-8,10H,1,4,9H2,2H3/b7-5-,8-6-,11-10-. The van der Waals surface area contributed by atoms with Crippen molar-refractivity contribution in [1.29, 1.82) is 0 Å². The summed E-state index contributed by atoms with van der Waals surface area (Å²) in [6.07, 6.45) is 12.5. The van der Waals surface area contributed by atoms with Crippen LogP contribution in [0.4, 0.5) is 0 Å². The second-order valence-corrected chi connectivity index (χ2v) is 2.01. The smallest absolute Gasteiger partial charge is 0.0573 e. The topological polar surface area (TPSA) is 12.4 Å². The molecular weight excluding hydrogens is 134 g/mol. The minimum Gasteiger partial charge on any atom is -0.289 e. The highest BCUT2D eigenvalue weighted by Crippen LogP contribution is 1.78. The summed E-state index contributed by atoms with van der Waals surface area (Å²) in [7, 11) is 0. The van der Waals surface area contributed by atoms with Crippen molar-refractivity contribution in [2.45, 2.75) is 13.3 Å². The molecule has 11 heavy (non-hydrogen) atoms. The van der Waals surface area contributed by atoms with E-state index in [0.29, 0.717) is 0 Å². The molecule has 0 amide bonds. The van der Waals surface area contributed by atoms with Gasteiger partial charge in [0.15, 0.2) is 0 Å². The normalized spacial score (nSPS) is 12.1. The van der Waals surface area contributed by atoms with Crippen LogP contribution < -0.4 is 0 Å². The Kier molecular flexibility index (Phi) is 7.99. The first-order valence-corrected chi connectivity index (χ1v) is 3.84. The third-order valence-corrected chi connectivity index (χ3v) is 1.05. The lowest BCUT2D eigenvalue weighted by Gasteiger charge is -1.79. The highest BCUT2D eigenvalue weighted by molar-refractivity contribution is 5.70. The number of rotatable bonds is 5. The summed E-state index contributed by atoms with van der Waals surface area (Å²) in [6.45, 7) is 6.39. The summed E-state index contributed by atoms with van der Waals surface area (Å²) in [5.41, 5.74) is 0. The minimum absolute atomic E-state index is 0.736. The van der Waals surface area contributed by atoms with E-state index < -0.39 is 0 Å². The molecular formula is C10H15N. The molecule has 0 bridgehead atoms. The predicted molar refractivity (Wildman–Crippen MR) is 52.1 cm³/mol. The number of allylic oxidation sites excluding steroid dienone is 4. The second-order valence-electron chi connectivity index (χ2n) is 2.01. The van der Waals surface area contributed by atoms with E-state index in [4.69, 9.17) is 0 Å². The fourth-order valence-corrected chi connectivity index (χ4v) is 0.537. The molecule has 0 unspecified atom stereocenters. The Morgan fingerprint density at radius 2 is 2.09 bits per heavy atom. The van der Waals surface area contributed by atoms with Gasteiger partial charge in [-0.25, -0.2) is 0 Å².